The van der Waals surface area contributed by atoms with E-state index in [1.165, 1.54) is 0 Å². The van der Waals surface area contributed by atoms with Gasteiger partial charge >= 0.3 is 0 Å². The molecule has 3 heteroatoms. The van der Waals surface area contributed by atoms with Crippen molar-refractivity contribution in [2.45, 2.75) is 6.92 Å². The molecule has 0 saturated carbocycles. The van der Waals surface area contributed by atoms with Crippen LogP contribution in [0.3, 0.4) is 0 Å². The van der Waals surface area contributed by atoms with Gasteiger partial charge in [-0.15, -0.1) is 0 Å². The predicted molar refractivity (Wildman–Crippen MR) is 90.6 cm³/mol. The van der Waals surface area contributed by atoms with E-state index < -0.39 is 0 Å². The van der Waals surface area contributed by atoms with E-state index in [1.54, 1.807) is 0 Å². The minimum atomic E-state index is 0.657. The van der Waals surface area contributed by atoms with Gasteiger partial charge in [-0.25, -0.2) is 0 Å². The van der Waals surface area contributed by atoms with Crippen LogP contribution in [-0.4, -0.2) is 17.4 Å². The van der Waals surface area contributed by atoms with Crippen LogP contribution in [0.4, 0.5) is 5.69 Å². The zero-order valence-electron chi connectivity index (χ0n) is 12.5. The van der Waals surface area contributed by atoms with Crippen molar-refractivity contribution in [2.75, 3.05) is 6.61 Å². The van der Waals surface area contributed by atoms with Crippen molar-refractivity contribution in [3.05, 3.63) is 78.6 Å². The molecule has 0 aliphatic carbocycles. The summed E-state index contributed by atoms with van der Waals surface area (Å²) in [6, 6.07) is 22.1. The van der Waals surface area contributed by atoms with Crippen LogP contribution in [0.25, 0.3) is 5.69 Å². The van der Waals surface area contributed by atoms with Gasteiger partial charge < -0.3 is 9.30 Å². The lowest BCUT2D eigenvalue weighted by atomic mass is 10.3. The van der Waals surface area contributed by atoms with Crippen molar-refractivity contribution in [1.82, 2.24) is 4.57 Å². The highest BCUT2D eigenvalue weighted by atomic mass is 16.5. The van der Waals surface area contributed by atoms with E-state index in [0.717, 1.165) is 22.8 Å². The topological polar surface area (TPSA) is 26.5 Å². The maximum Gasteiger partial charge on any atom is 0.121 e. The zero-order valence-corrected chi connectivity index (χ0v) is 12.5. The molecule has 3 nitrogen and oxygen atoms in total. The maximum atomic E-state index is 5.50. The van der Waals surface area contributed by atoms with Crippen LogP contribution in [0.1, 0.15) is 12.6 Å². The second-order valence-corrected chi connectivity index (χ2v) is 4.83. The molecule has 0 radical (unpaired) electrons. The van der Waals surface area contributed by atoms with Gasteiger partial charge in [0.15, 0.2) is 0 Å². The molecule has 0 amide bonds. The smallest absolute Gasteiger partial charge is 0.121 e. The quantitative estimate of drug-likeness (QED) is 0.629. The number of ether oxygens (including phenoxy) is 1. The molecule has 1 aromatic heterocycles. The Balaban J connectivity index is 1.85. The fraction of sp³-hybridized carbons (Fsp3) is 0.105. The molecule has 3 aromatic rings. The largest absolute Gasteiger partial charge is 0.494 e. The Labute approximate surface area is 130 Å². The van der Waals surface area contributed by atoms with Crippen molar-refractivity contribution in [3.63, 3.8) is 0 Å². The summed E-state index contributed by atoms with van der Waals surface area (Å²) in [5.41, 5.74) is 3.04. The van der Waals surface area contributed by atoms with Gasteiger partial charge in [0.05, 0.1) is 24.2 Å². The van der Waals surface area contributed by atoms with Gasteiger partial charge in [0.25, 0.3) is 0 Å². The van der Waals surface area contributed by atoms with Crippen molar-refractivity contribution in [2.24, 2.45) is 4.99 Å². The van der Waals surface area contributed by atoms with E-state index in [-0.39, 0.29) is 0 Å². The van der Waals surface area contributed by atoms with Crippen LogP contribution in [-0.2, 0) is 0 Å². The normalized spacial score (nSPS) is 11.0. The number of hydrogen-bond donors (Lipinski definition) is 0. The average Bonchev–Trinajstić information content (AvgIpc) is 3.03. The van der Waals surface area contributed by atoms with Gasteiger partial charge in [0.2, 0.25) is 0 Å². The molecular weight excluding hydrogens is 272 g/mol. The molecule has 0 atom stereocenters. The van der Waals surface area contributed by atoms with Crippen LogP contribution in [0, 0.1) is 0 Å². The van der Waals surface area contributed by atoms with Gasteiger partial charge in [-0.3, -0.25) is 4.99 Å². The fourth-order valence-electron chi connectivity index (χ4n) is 2.28. The van der Waals surface area contributed by atoms with Crippen LogP contribution in [0.15, 0.2) is 77.9 Å². The summed E-state index contributed by atoms with van der Waals surface area (Å²) in [5, 5.41) is 0. The summed E-state index contributed by atoms with van der Waals surface area (Å²) < 4.78 is 7.60. The molecule has 3 rings (SSSR count). The minimum absolute atomic E-state index is 0.657. The van der Waals surface area contributed by atoms with E-state index in [0.29, 0.717) is 6.61 Å². The summed E-state index contributed by atoms with van der Waals surface area (Å²) >= 11 is 0. The lowest BCUT2D eigenvalue weighted by Gasteiger charge is -2.06. The van der Waals surface area contributed by atoms with Crippen molar-refractivity contribution >= 4 is 11.9 Å². The average molecular weight is 290 g/mol. The van der Waals surface area contributed by atoms with Gasteiger partial charge in [-0.1, -0.05) is 24.3 Å². The van der Waals surface area contributed by atoms with Gasteiger partial charge in [0.1, 0.15) is 5.75 Å². The SMILES string of the molecule is CCOc1cccc(N=Cc2cccn2-c2ccccc2)c1. The second-order valence-electron chi connectivity index (χ2n) is 4.83. The van der Waals surface area contributed by atoms with Crippen molar-refractivity contribution in [1.29, 1.82) is 0 Å². The van der Waals surface area contributed by atoms with E-state index in [9.17, 15) is 0 Å². The number of aromatic nitrogens is 1. The molecule has 0 spiro atoms. The first-order valence-corrected chi connectivity index (χ1v) is 7.36. The molecule has 110 valence electrons. The van der Waals surface area contributed by atoms with E-state index in [4.69, 9.17) is 4.74 Å². The Kier molecular flexibility index (Phi) is 4.35. The number of para-hydroxylation sites is 1. The van der Waals surface area contributed by atoms with Crippen molar-refractivity contribution in [3.8, 4) is 11.4 Å². The van der Waals surface area contributed by atoms with E-state index in [2.05, 4.69) is 21.7 Å². The second kappa shape index (κ2) is 6.76. The minimum Gasteiger partial charge on any atom is -0.494 e. The number of hydrogen-bond acceptors (Lipinski definition) is 2. The lowest BCUT2D eigenvalue weighted by Crippen LogP contribution is -1.97. The van der Waals surface area contributed by atoms with Gasteiger partial charge in [0, 0.05) is 18.0 Å². The summed E-state index contributed by atoms with van der Waals surface area (Å²) in [7, 11) is 0. The number of nitrogens with zero attached hydrogens (tertiary/aromatic N) is 2. The predicted octanol–water partition coefficient (Wildman–Crippen LogP) is 4.63. The Morgan fingerprint density at radius 2 is 1.86 bits per heavy atom. The lowest BCUT2D eigenvalue weighted by molar-refractivity contribution is 0.340. The molecule has 0 saturated heterocycles. The van der Waals surface area contributed by atoms with E-state index >= 15 is 0 Å². The molecular formula is C19H18N2O. The molecule has 1 heterocycles. The summed E-state index contributed by atoms with van der Waals surface area (Å²) in [6.07, 6.45) is 3.91. The third-order valence-electron chi connectivity index (χ3n) is 3.29. The first-order chi connectivity index (χ1) is 10.9. The molecule has 0 aliphatic heterocycles. The molecule has 0 aliphatic rings. The van der Waals surface area contributed by atoms with Gasteiger partial charge in [-0.2, -0.15) is 0 Å². The van der Waals surface area contributed by atoms with Crippen molar-refractivity contribution < 1.29 is 4.74 Å². The molecule has 0 fully saturated rings. The summed E-state index contributed by atoms with van der Waals surface area (Å²) in [6.45, 7) is 2.63. The number of rotatable bonds is 5. The Hall–Kier alpha value is -2.81. The highest BCUT2D eigenvalue weighted by Crippen LogP contribution is 2.20. The highest BCUT2D eigenvalue weighted by molar-refractivity contribution is 5.81. The van der Waals surface area contributed by atoms with Crippen LogP contribution < -0.4 is 4.74 Å². The number of benzene rings is 2. The molecule has 22 heavy (non-hydrogen) atoms. The number of aliphatic imine (C=N–C) groups is 1. The fourth-order valence-corrected chi connectivity index (χ4v) is 2.28. The third-order valence-corrected chi connectivity index (χ3v) is 3.29. The molecule has 2 aromatic carbocycles. The molecule has 0 N–H and O–H groups in total. The van der Waals surface area contributed by atoms with Crippen LogP contribution in [0.5, 0.6) is 5.75 Å². The molecule has 0 bridgehead atoms. The standard InChI is InChI=1S/C19H18N2O/c1-2-22-19-12-6-8-16(14-19)20-15-18-11-7-13-21(18)17-9-4-3-5-10-17/h3-15H,2H2,1H3. The Morgan fingerprint density at radius 1 is 1.00 bits per heavy atom. The van der Waals surface area contributed by atoms with Crippen LogP contribution >= 0.6 is 0 Å². The van der Waals surface area contributed by atoms with E-state index in [1.807, 2.05) is 73.9 Å². The first kappa shape index (κ1) is 14.1. The Morgan fingerprint density at radius 3 is 2.68 bits per heavy atom. The maximum absolute atomic E-state index is 5.50. The Bertz CT molecular complexity index is 760. The van der Waals surface area contributed by atoms with Gasteiger partial charge in [-0.05, 0) is 43.3 Å². The zero-order chi connectivity index (χ0) is 15.2. The monoisotopic (exact) mass is 290 g/mol. The van der Waals surface area contributed by atoms with Crippen LogP contribution in [0.2, 0.25) is 0 Å². The summed E-state index contributed by atoms with van der Waals surface area (Å²) in [4.78, 5) is 4.55. The first-order valence-electron chi connectivity index (χ1n) is 7.36. The summed E-state index contributed by atoms with van der Waals surface area (Å²) in [5.74, 6) is 0.843. The third kappa shape index (κ3) is 3.26. The highest BCUT2D eigenvalue weighted by Gasteiger charge is 2.00. The molecule has 0 unspecified atom stereocenters.